The molecule has 0 aromatic heterocycles. The van der Waals surface area contributed by atoms with Crippen molar-refractivity contribution in [2.75, 3.05) is 11.9 Å². The molecule has 0 radical (unpaired) electrons. The van der Waals surface area contributed by atoms with Crippen LogP contribution in [0.4, 0.5) is 5.69 Å². The predicted octanol–water partition coefficient (Wildman–Crippen LogP) is 1.40. The van der Waals surface area contributed by atoms with Crippen LogP contribution in [0.5, 0.6) is 0 Å². The average Bonchev–Trinajstić information content (AvgIpc) is 2.26. The van der Waals surface area contributed by atoms with Crippen molar-refractivity contribution in [1.82, 2.24) is 0 Å². The van der Waals surface area contributed by atoms with Crippen molar-refractivity contribution >= 4 is 17.6 Å². The van der Waals surface area contributed by atoms with Crippen molar-refractivity contribution in [1.29, 1.82) is 0 Å². The number of carboxylic acid groups (broad SMARTS) is 1. The summed E-state index contributed by atoms with van der Waals surface area (Å²) in [6.07, 6.45) is 0.00977. The monoisotopic (exact) mass is 219 g/mol. The summed E-state index contributed by atoms with van der Waals surface area (Å²) in [7, 11) is 1.67. The summed E-state index contributed by atoms with van der Waals surface area (Å²) in [5, 5.41) is 9.28. The molecule has 0 saturated carbocycles. The number of hydrogen-bond donors (Lipinski definition) is 1. The summed E-state index contributed by atoms with van der Waals surface area (Å²) in [6.45, 7) is 1.60. The largest absolute Gasteiger partial charge is 0.481 e. The molecule has 4 nitrogen and oxygen atoms in total. The number of fused-ring (bicyclic) bond motifs is 1. The molecule has 84 valence electrons. The molecule has 0 unspecified atom stereocenters. The normalized spacial score (nSPS) is 24.1. The highest BCUT2D eigenvalue weighted by atomic mass is 16.4. The Morgan fingerprint density at radius 1 is 1.44 bits per heavy atom. The number of nitrogens with zero attached hydrogens (tertiary/aromatic N) is 1. The van der Waals surface area contributed by atoms with E-state index in [0.29, 0.717) is 11.3 Å². The first-order valence-electron chi connectivity index (χ1n) is 5.06. The van der Waals surface area contributed by atoms with Crippen LogP contribution in [0.3, 0.4) is 0 Å². The zero-order valence-corrected chi connectivity index (χ0v) is 9.23. The minimum atomic E-state index is -1.11. The maximum atomic E-state index is 11.7. The van der Waals surface area contributed by atoms with Crippen molar-refractivity contribution in [3.63, 3.8) is 0 Å². The number of carbonyl (C=O) groups is 2. The molecule has 0 aliphatic carbocycles. The summed E-state index contributed by atoms with van der Waals surface area (Å²) >= 11 is 0. The van der Waals surface area contributed by atoms with Gasteiger partial charge in [0.05, 0.1) is 0 Å². The number of anilines is 1. The second-order valence-electron chi connectivity index (χ2n) is 4.28. The van der Waals surface area contributed by atoms with E-state index >= 15 is 0 Å². The lowest BCUT2D eigenvalue weighted by Gasteiger charge is -2.36. The van der Waals surface area contributed by atoms with E-state index in [1.54, 1.807) is 38.2 Å². The molecule has 4 heteroatoms. The topological polar surface area (TPSA) is 57.6 Å². The maximum absolute atomic E-state index is 11.7. The Bertz CT molecular complexity index is 469. The standard InChI is InChI=1S/C12H13NO3/c1-12(11(15)16)7-10(14)13(2)9-6-4-3-5-8(9)12/h3-6H,7H2,1-2H3,(H,15,16)/t12-/m1/s1. The summed E-state index contributed by atoms with van der Waals surface area (Å²) < 4.78 is 0. The third-order valence-corrected chi connectivity index (χ3v) is 3.21. The second-order valence-corrected chi connectivity index (χ2v) is 4.28. The van der Waals surface area contributed by atoms with E-state index in [1.807, 2.05) is 0 Å². The van der Waals surface area contributed by atoms with Crippen LogP contribution >= 0.6 is 0 Å². The summed E-state index contributed by atoms with van der Waals surface area (Å²) in [4.78, 5) is 24.6. The van der Waals surface area contributed by atoms with Gasteiger partial charge in [-0.1, -0.05) is 18.2 Å². The summed E-state index contributed by atoms with van der Waals surface area (Å²) in [5.74, 6) is -1.12. The van der Waals surface area contributed by atoms with E-state index in [1.165, 1.54) is 4.90 Å². The van der Waals surface area contributed by atoms with E-state index in [-0.39, 0.29) is 12.3 Å². The zero-order valence-electron chi connectivity index (χ0n) is 9.23. The molecular weight excluding hydrogens is 206 g/mol. The van der Waals surface area contributed by atoms with Gasteiger partial charge in [-0.2, -0.15) is 0 Å². The number of para-hydroxylation sites is 1. The first kappa shape index (κ1) is 10.7. The van der Waals surface area contributed by atoms with Crippen molar-refractivity contribution in [2.24, 2.45) is 0 Å². The molecular formula is C12H13NO3. The fourth-order valence-electron chi connectivity index (χ4n) is 2.07. The SMILES string of the molecule is CN1C(=O)C[C@@](C)(C(=O)O)c2ccccc21. The van der Waals surface area contributed by atoms with Gasteiger partial charge in [-0.15, -0.1) is 0 Å². The third kappa shape index (κ3) is 1.30. The van der Waals surface area contributed by atoms with Gasteiger partial charge >= 0.3 is 5.97 Å². The molecule has 1 heterocycles. The molecule has 0 bridgehead atoms. The van der Waals surface area contributed by atoms with Crippen molar-refractivity contribution < 1.29 is 14.7 Å². The highest BCUT2D eigenvalue weighted by Gasteiger charge is 2.44. The third-order valence-electron chi connectivity index (χ3n) is 3.21. The van der Waals surface area contributed by atoms with Crippen molar-refractivity contribution in [3.8, 4) is 0 Å². The quantitative estimate of drug-likeness (QED) is 0.776. The smallest absolute Gasteiger partial charge is 0.314 e. The summed E-state index contributed by atoms with van der Waals surface area (Å²) in [6, 6.07) is 7.14. The molecule has 0 fully saturated rings. The lowest BCUT2D eigenvalue weighted by Crippen LogP contribution is -2.45. The van der Waals surface area contributed by atoms with Crippen molar-refractivity contribution in [3.05, 3.63) is 29.8 Å². The molecule has 0 spiro atoms. The van der Waals surface area contributed by atoms with E-state index < -0.39 is 11.4 Å². The molecule has 16 heavy (non-hydrogen) atoms. The molecule has 1 aromatic carbocycles. The minimum absolute atomic E-state index is 0.00977. The highest BCUT2D eigenvalue weighted by Crippen LogP contribution is 2.39. The van der Waals surface area contributed by atoms with Gasteiger partial charge in [0.2, 0.25) is 5.91 Å². The van der Waals surface area contributed by atoms with Crippen LogP contribution in [-0.2, 0) is 15.0 Å². The lowest BCUT2D eigenvalue weighted by atomic mass is 9.75. The number of carboxylic acids is 1. The average molecular weight is 219 g/mol. The number of rotatable bonds is 1. The number of hydrogen-bond acceptors (Lipinski definition) is 2. The Morgan fingerprint density at radius 3 is 2.69 bits per heavy atom. The summed E-state index contributed by atoms with van der Waals surface area (Å²) in [5.41, 5.74) is 0.272. The van der Waals surface area contributed by atoms with Crippen LogP contribution in [0.15, 0.2) is 24.3 Å². The molecule has 1 atom stereocenters. The van der Waals surface area contributed by atoms with Gasteiger partial charge in [-0.05, 0) is 18.6 Å². The molecule has 1 aromatic rings. The van der Waals surface area contributed by atoms with Gasteiger partial charge in [0.1, 0.15) is 5.41 Å². The van der Waals surface area contributed by atoms with Gasteiger partial charge in [0, 0.05) is 19.2 Å². The Morgan fingerprint density at radius 2 is 2.06 bits per heavy atom. The predicted molar refractivity (Wildman–Crippen MR) is 59.5 cm³/mol. The second kappa shape index (κ2) is 3.33. The number of amides is 1. The van der Waals surface area contributed by atoms with Crippen molar-refractivity contribution in [2.45, 2.75) is 18.8 Å². The number of aliphatic carboxylic acids is 1. The van der Waals surface area contributed by atoms with Gasteiger partial charge in [0.25, 0.3) is 0 Å². The van der Waals surface area contributed by atoms with E-state index in [9.17, 15) is 14.7 Å². The first-order chi connectivity index (χ1) is 7.47. The Hall–Kier alpha value is -1.84. The Kier molecular flexibility index (Phi) is 2.22. The van der Waals surface area contributed by atoms with Crippen LogP contribution in [0, 0.1) is 0 Å². The maximum Gasteiger partial charge on any atom is 0.314 e. The van der Waals surface area contributed by atoms with Crippen LogP contribution in [0.1, 0.15) is 18.9 Å². The van der Waals surface area contributed by atoms with E-state index in [2.05, 4.69) is 0 Å². The highest BCUT2D eigenvalue weighted by molar-refractivity contribution is 6.02. The Labute approximate surface area is 93.5 Å². The van der Waals surface area contributed by atoms with Crippen LogP contribution < -0.4 is 4.90 Å². The van der Waals surface area contributed by atoms with Crippen LogP contribution in [-0.4, -0.2) is 24.0 Å². The van der Waals surface area contributed by atoms with Crippen LogP contribution in [0.2, 0.25) is 0 Å². The molecule has 1 N–H and O–H groups in total. The van der Waals surface area contributed by atoms with E-state index in [0.717, 1.165) is 0 Å². The molecule has 2 rings (SSSR count). The van der Waals surface area contributed by atoms with Gasteiger partial charge in [0.15, 0.2) is 0 Å². The first-order valence-corrected chi connectivity index (χ1v) is 5.06. The molecule has 1 aliphatic heterocycles. The van der Waals surface area contributed by atoms with Gasteiger partial charge < -0.3 is 10.0 Å². The molecule has 1 amide bonds. The number of carbonyl (C=O) groups excluding carboxylic acids is 1. The van der Waals surface area contributed by atoms with Crippen LogP contribution in [0.25, 0.3) is 0 Å². The molecule has 0 saturated heterocycles. The minimum Gasteiger partial charge on any atom is -0.481 e. The Balaban J connectivity index is 2.66. The fourth-order valence-corrected chi connectivity index (χ4v) is 2.07. The lowest BCUT2D eigenvalue weighted by molar-refractivity contribution is -0.145. The number of benzene rings is 1. The van der Waals surface area contributed by atoms with Gasteiger partial charge in [-0.25, -0.2) is 0 Å². The van der Waals surface area contributed by atoms with E-state index in [4.69, 9.17) is 0 Å². The van der Waals surface area contributed by atoms with Gasteiger partial charge in [-0.3, -0.25) is 9.59 Å². The molecule has 1 aliphatic rings. The fraction of sp³-hybridized carbons (Fsp3) is 0.333. The zero-order chi connectivity index (χ0) is 11.9.